The summed E-state index contributed by atoms with van der Waals surface area (Å²) in [5.74, 6) is -0.602. The van der Waals surface area contributed by atoms with Gasteiger partial charge in [0.25, 0.3) is 0 Å². The van der Waals surface area contributed by atoms with Crippen molar-refractivity contribution in [3.05, 3.63) is 22.8 Å². The minimum Gasteiger partial charge on any atom is -0.196 e. The number of hydrogen-bond donors (Lipinski definition) is 0. The quantitative estimate of drug-likeness (QED) is 0.634. The highest BCUT2D eigenvalue weighted by atomic mass is 14.7. The van der Waals surface area contributed by atoms with Crippen molar-refractivity contribution < 1.29 is 0 Å². The number of nitrogens with zero attached hydrogens (tertiary/aromatic N) is 4. The Morgan fingerprint density at radius 2 is 1.52 bits per heavy atom. The normalized spacial score (nSPS) is 30.4. The molecule has 4 nitrogen and oxygen atoms in total. The number of fused-ring (bicyclic) bond motifs is 2. The molecule has 114 valence electrons. The minimum absolute atomic E-state index is 0.274. The van der Waals surface area contributed by atoms with E-state index in [-0.39, 0.29) is 11.8 Å². The van der Waals surface area contributed by atoms with E-state index in [0.29, 0.717) is 6.42 Å². The maximum absolute atomic E-state index is 9.94. The van der Waals surface area contributed by atoms with Crippen LogP contribution < -0.4 is 0 Å². The van der Waals surface area contributed by atoms with Crippen LogP contribution in [0.1, 0.15) is 45.4 Å². The monoisotopic (exact) mass is 302 g/mol. The van der Waals surface area contributed by atoms with Gasteiger partial charge in [-0.3, -0.25) is 0 Å². The zero-order valence-corrected chi connectivity index (χ0v) is 13.3. The predicted octanol–water partition coefficient (Wildman–Crippen LogP) is 3.91. The first-order valence-corrected chi connectivity index (χ1v) is 8.12. The van der Waals surface area contributed by atoms with Crippen LogP contribution in [0.25, 0.3) is 0 Å². The zero-order chi connectivity index (χ0) is 16.7. The van der Waals surface area contributed by atoms with E-state index in [1.165, 1.54) is 5.57 Å². The van der Waals surface area contributed by atoms with Gasteiger partial charge in [0.05, 0.1) is 24.3 Å². The first-order valence-electron chi connectivity index (χ1n) is 8.12. The average Bonchev–Trinajstić information content (AvgIpc) is 2.60. The molecular formula is C19H18N4. The molecule has 0 aromatic heterocycles. The molecule has 0 unspecified atom stereocenters. The molecule has 0 radical (unpaired) electrons. The number of rotatable bonds is 0. The van der Waals surface area contributed by atoms with E-state index in [1.54, 1.807) is 0 Å². The van der Waals surface area contributed by atoms with E-state index in [2.05, 4.69) is 30.4 Å². The molecule has 0 aromatic carbocycles. The smallest absolute Gasteiger partial charge is 0.182 e. The third-order valence-corrected chi connectivity index (χ3v) is 6.01. The Morgan fingerprint density at radius 1 is 0.913 bits per heavy atom. The number of allylic oxidation sites excluding steroid dienone is 4. The summed E-state index contributed by atoms with van der Waals surface area (Å²) < 4.78 is 0. The van der Waals surface area contributed by atoms with E-state index in [1.807, 2.05) is 6.92 Å². The van der Waals surface area contributed by atoms with Crippen LogP contribution in [0.2, 0.25) is 0 Å². The van der Waals surface area contributed by atoms with Crippen molar-refractivity contribution in [3.63, 3.8) is 0 Å². The van der Waals surface area contributed by atoms with Crippen LogP contribution in [-0.4, -0.2) is 0 Å². The predicted molar refractivity (Wildman–Crippen MR) is 82.8 cm³/mol. The van der Waals surface area contributed by atoms with Gasteiger partial charge >= 0.3 is 0 Å². The summed E-state index contributed by atoms with van der Waals surface area (Å²) in [5, 5.41) is 39.7. The fraction of sp³-hybridized carbons (Fsp3) is 0.579. The third-order valence-electron chi connectivity index (χ3n) is 6.01. The lowest BCUT2D eigenvalue weighted by Gasteiger charge is -2.51. The van der Waals surface area contributed by atoms with E-state index < -0.39 is 10.8 Å². The maximum Gasteiger partial charge on any atom is 0.182 e. The lowest BCUT2D eigenvalue weighted by atomic mass is 9.45. The highest BCUT2D eigenvalue weighted by Gasteiger charge is 2.67. The molecule has 4 heteroatoms. The van der Waals surface area contributed by atoms with Crippen LogP contribution in [0.15, 0.2) is 22.8 Å². The molecule has 23 heavy (non-hydrogen) atoms. The number of nitriles is 4. The van der Waals surface area contributed by atoms with E-state index in [4.69, 9.17) is 0 Å². The van der Waals surface area contributed by atoms with Crippen LogP contribution in [0.4, 0.5) is 0 Å². The highest BCUT2D eigenvalue weighted by molar-refractivity contribution is 5.50. The standard InChI is InChI=1S/C19H18N4/c1-13-6-7-15-14-4-2-3-5-16(14)18(9-20,10-21)19(11-22,12-23)17(15)8-13/h6,16-17H,2-5,7-8H2,1H3/t16-,17+/m1/s1. The summed E-state index contributed by atoms with van der Waals surface area (Å²) >= 11 is 0. The Balaban J connectivity index is 2.36. The zero-order valence-electron chi connectivity index (χ0n) is 13.3. The Hall–Kier alpha value is -2.56. The molecule has 1 saturated carbocycles. The molecule has 3 aliphatic rings. The summed E-state index contributed by atoms with van der Waals surface area (Å²) in [4.78, 5) is 0. The van der Waals surface area contributed by atoms with E-state index in [0.717, 1.165) is 43.3 Å². The van der Waals surface area contributed by atoms with Gasteiger partial charge in [0.15, 0.2) is 10.8 Å². The summed E-state index contributed by atoms with van der Waals surface area (Å²) in [6.07, 6.45) is 7.12. The van der Waals surface area contributed by atoms with Crippen LogP contribution in [0.5, 0.6) is 0 Å². The van der Waals surface area contributed by atoms with Gasteiger partial charge in [0.2, 0.25) is 0 Å². The molecule has 0 aromatic rings. The van der Waals surface area contributed by atoms with Crippen molar-refractivity contribution in [1.29, 1.82) is 21.0 Å². The Morgan fingerprint density at radius 3 is 2.13 bits per heavy atom. The molecule has 3 rings (SSSR count). The topological polar surface area (TPSA) is 95.2 Å². The van der Waals surface area contributed by atoms with Gasteiger partial charge in [-0.25, -0.2) is 0 Å². The molecule has 1 fully saturated rings. The van der Waals surface area contributed by atoms with Gasteiger partial charge < -0.3 is 0 Å². The molecular weight excluding hydrogens is 284 g/mol. The van der Waals surface area contributed by atoms with Crippen molar-refractivity contribution in [2.24, 2.45) is 22.7 Å². The molecule has 2 atom stereocenters. The van der Waals surface area contributed by atoms with Gasteiger partial charge in [-0.05, 0) is 39.0 Å². The lowest BCUT2D eigenvalue weighted by molar-refractivity contribution is 0.112. The van der Waals surface area contributed by atoms with Crippen molar-refractivity contribution >= 4 is 0 Å². The highest BCUT2D eigenvalue weighted by Crippen LogP contribution is 2.63. The first-order chi connectivity index (χ1) is 11.1. The Bertz CT molecular complexity index is 744. The van der Waals surface area contributed by atoms with Crippen LogP contribution in [0, 0.1) is 68.0 Å². The fourth-order valence-electron chi connectivity index (χ4n) is 4.86. The van der Waals surface area contributed by atoms with Crippen molar-refractivity contribution in [3.8, 4) is 24.3 Å². The average molecular weight is 302 g/mol. The van der Waals surface area contributed by atoms with Crippen LogP contribution >= 0.6 is 0 Å². The van der Waals surface area contributed by atoms with Gasteiger partial charge in [-0.1, -0.05) is 29.2 Å². The first kappa shape index (κ1) is 15.3. The van der Waals surface area contributed by atoms with Gasteiger partial charge in [-0.15, -0.1) is 0 Å². The van der Waals surface area contributed by atoms with Crippen LogP contribution in [-0.2, 0) is 0 Å². The minimum atomic E-state index is -1.58. The van der Waals surface area contributed by atoms with Crippen LogP contribution in [0.3, 0.4) is 0 Å². The third kappa shape index (κ3) is 1.73. The molecule has 3 aliphatic carbocycles. The summed E-state index contributed by atoms with van der Waals surface area (Å²) in [7, 11) is 0. The Kier molecular flexibility index (Phi) is 3.51. The summed E-state index contributed by atoms with van der Waals surface area (Å²) in [5.41, 5.74) is 0.345. The molecule has 0 aliphatic heterocycles. The van der Waals surface area contributed by atoms with Crippen molar-refractivity contribution in [2.45, 2.75) is 45.4 Å². The second-order valence-corrected chi connectivity index (χ2v) is 6.92. The van der Waals surface area contributed by atoms with Gasteiger partial charge in [-0.2, -0.15) is 21.0 Å². The molecule has 0 heterocycles. The number of hydrogen-bond acceptors (Lipinski definition) is 4. The second kappa shape index (κ2) is 5.26. The van der Waals surface area contributed by atoms with Crippen molar-refractivity contribution in [2.75, 3.05) is 0 Å². The maximum atomic E-state index is 9.94. The van der Waals surface area contributed by atoms with E-state index >= 15 is 0 Å². The molecule has 0 N–H and O–H groups in total. The van der Waals surface area contributed by atoms with E-state index in [9.17, 15) is 21.0 Å². The molecule has 0 saturated heterocycles. The SMILES string of the molecule is CC1=CCC2=C3CCCC[C@H]3C(C#N)(C#N)C(C#N)(C#N)[C@H]2C1. The Labute approximate surface area is 136 Å². The summed E-state index contributed by atoms with van der Waals surface area (Å²) in [6.45, 7) is 1.99. The second-order valence-electron chi connectivity index (χ2n) is 6.92. The van der Waals surface area contributed by atoms with Crippen molar-refractivity contribution in [1.82, 2.24) is 0 Å². The molecule has 0 amide bonds. The summed E-state index contributed by atoms with van der Waals surface area (Å²) in [6, 6.07) is 8.58. The molecule has 0 bridgehead atoms. The largest absolute Gasteiger partial charge is 0.196 e. The van der Waals surface area contributed by atoms with Gasteiger partial charge in [0, 0.05) is 11.8 Å². The fourth-order valence-corrected chi connectivity index (χ4v) is 4.86. The molecule has 0 spiro atoms. The van der Waals surface area contributed by atoms with Gasteiger partial charge in [0.1, 0.15) is 0 Å². The lowest BCUT2D eigenvalue weighted by Crippen LogP contribution is -2.54.